The highest BCUT2D eigenvalue weighted by molar-refractivity contribution is 7.89. The normalized spacial score (nSPS) is 29.8. The molecule has 0 bridgehead atoms. The molecule has 0 spiro atoms. The lowest BCUT2D eigenvalue weighted by Gasteiger charge is -2.33. The van der Waals surface area contributed by atoms with Crippen LogP contribution in [-0.2, 0) is 14.8 Å². The Morgan fingerprint density at radius 1 is 1.21 bits per heavy atom. The molecule has 1 aliphatic carbocycles. The van der Waals surface area contributed by atoms with Crippen molar-refractivity contribution in [3.05, 3.63) is 0 Å². The van der Waals surface area contributed by atoms with Crippen LogP contribution in [0.2, 0.25) is 0 Å². The average molecular weight is 290 g/mol. The number of nitrogens with one attached hydrogen (secondary N) is 1. The van der Waals surface area contributed by atoms with Crippen molar-refractivity contribution in [2.45, 2.75) is 43.4 Å². The van der Waals surface area contributed by atoms with E-state index in [1.165, 1.54) is 4.31 Å². The van der Waals surface area contributed by atoms with Gasteiger partial charge in [-0.2, -0.15) is 0 Å². The Balaban J connectivity index is 2.14. The number of hydrogen-bond acceptors (Lipinski definition) is 4. The summed E-state index contributed by atoms with van der Waals surface area (Å²) < 4.78 is 26.6. The van der Waals surface area contributed by atoms with Crippen LogP contribution in [0.5, 0.6) is 0 Å². The molecule has 19 heavy (non-hydrogen) atoms. The number of carboxylic acids is 1. The fourth-order valence-electron chi connectivity index (χ4n) is 3.16. The number of rotatable bonds is 4. The molecule has 0 aromatic carbocycles. The van der Waals surface area contributed by atoms with E-state index >= 15 is 0 Å². The first kappa shape index (κ1) is 14.7. The molecule has 2 rings (SSSR count). The molecule has 2 aliphatic rings. The third-order valence-electron chi connectivity index (χ3n) is 4.38. The number of carbonyl (C=O) groups is 1. The Morgan fingerprint density at radius 2 is 1.84 bits per heavy atom. The van der Waals surface area contributed by atoms with Crippen molar-refractivity contribution < 1.29 is 18.3 Å². The molecule has 1 aliphatic heterocycles. The van der Waals surface area contributed by atoms with Gasteiger partial charge in [-0.1, -0.05) is 6.42 Å². The predicted molar refractivity (Wildman–Crippen MR) is 71.3 cm³/mol. The standard InChI is InChI=1S/C12H22N2O4S/c1-14(9-5-7-13-8-6-9)19(17,18)11-4-2-3-10(11)12(15)16/h9-11,13H,2-8H2,1H3,(H,15,16). The summed E-state index contributed by atoms with van der Waals surface area (Å²) in [7, 11) is -1.91. The highest BCUT2D eigenvalue weighted by Crippen LogP contribution is 2.34. The van der Waals surface area contributed by atoms with Crippen LogP contribution >= 0.6 is 0 Å². The van der Waals surface area contributed by atoms with Gasteiger partial charge in [0.25, 0.3) is 0 Å². The number of hydrogen-bond donors (Lipinski definition) is 2. The molecule has 0 aromatic heterocycles. The quantitative estimate of drug-likeness (QED) is 0.775. The molecule has 0 amide bonds. The molecule has 2 unspecified atom stereocenters. The Kier molecular flexibility index (Phi) is 4.47. The van der Waals surface area contributed by atoms with Gasteiger partial charge in [-0.15, -0.1) is 0 Å². The van der Waals surface area contributed by atoms with Crippen molar-refractivity contribution in [3.63, 3.8) is 0 Å². The smallest absolute Gasteiger partial charge is 0.307 e. The Labute approximate surface area is 114 Å². The van der Waals surface area contributed by atoms with Gasteiger partial charge in [0.15, 0.2) is 0 Å². The Hall–Kier alpha value is -0.660. The molecule has 2 fully saturated rings. The average Bonchev–Trinajstić information content (AvgIpc) is 2.89. The van der Waals surface area contributed by atoms with E-state index in [1.807, 2.05) is 0 Å². The van der Waals surface area contributed by atoms with Gasteiger partial charge < -0.3 is 10.4 Å². The highest BCUT2D eigenvalue weighted by Gasteiger charge is 2.44. The number of aliphatic carboxylic acids is 1. The first-order chi connectivity index (χ1) is 8.94. The Bertz CT molecular complexity index is 431. The summed E-state index contributed by atoms with van der Waals surface area (Å²) in [6.45, 7) is 1.63. The zero-order chi connectivity index (χ0) is 14.0. The summed E-state index contributed by atoms with van der Waals surface area (Å²) in [5, 5.41) is 11.6. The molecule has 1 heterocycles. The second-order valence-corrected chi connectivity index (χ2v) is 7.67. The largest absolute Gasteiger partial charge is 0.481 e. The first-order valence-electron chi connectivity index (χ1n) is 6.85. The zero-order valence-electron chi connectivity index (χ0n) is 11.2. The van der Waals surface area contributed by atoms with Crippen molar-refractivity contribution in [2.75, 3.05) is 20.1 Å². The second-order valence-electron chi connectivity index (χ2n) is 5.46. The summed E-state index contributed by atoms with van der Waals surface area (Å²) in [6, 6.07) is 0.00120. The lowest BCUT2D eigenvalue weighted by Crippen LogP contribution is -2.48. The van der Waals surface area contributed by atoms with Gasteiger partial charge >= 0.3 is 5.97 Å². The van der Waals surface area contributed by atoms with Crippen LogP contribution in [-0.4, -0.2) is 55.2 Å². The lowest BCUT2D eigenvalue weighted by molar-refractivity contribution is -0.141. The molecule has 2 atom stereocenters. The van der Waals surface area contributed by atoms with E-state index in [4.69, 9.17) is 5.11 Å². The third-order valence-corrected chi connectivity index (χ3v) is 6.81. The number of sulfonamides is 1. The van der Waals surface area contributed by atoms with Gasteiger partial charge in [-0.3, -0.25) is 4.79 Å². The van der Waals surface area contributed by atoms with Gasteiger partial charge in [0, 0.05) is 13.1 Å². The van der Waals surface area contributed by atoms with Gasteiger partial charge in [0.1, 0.15) is 0 Å². The summed E-state index contributed by atoms with van der Waals surface area (Å²) >= 11 is 0. The molecule has 110 valence electrons. The minimum absolute atomic E-state index is 0.00120. The van der Waals surface area contributed by atoms with Gasteiger partial charge in [-0.25, -0.2) is 12.7 Å². The van der Waals surface area contributed by atoms with Gasteiger partial charge in [0.2, 0.25) is 10.0 Å². The zero-order valence-corrected chi connectivity index (χ0v) is 12.0. The lowest BCUT2D eigenvalue weighted by atomic mass is 10.1. The maximum Gasteiger partial charge on any atom is 0.307 e. The van der Waals surface area contributed by atoms with Crippen molar-refractivity contribution in [1.29, 1.82) is 0 Å². The van der Waals surface area contributed by atoms with Crippen molar-refractivity contribution in [1.82, 2.24) is 9.62 Å². The molecule has 0 radical (unpaired) electrons. The Morgan fingerprint density at radius 3 is 2.42 bits per heavy atom. The van der Waals surface area contributed by atoms with Crippen LogP contribution in [0.25, 0.3) is 0 Å². The number of piperidine rings is 1. The topological polar surface area (TPSA) is 86.7 Å². The highest BCUT2D eigenvalue weighted by atomic mass is 32.2. The fraction of sp³-hybridized carbons (Fsp3) is 0.917. The summed E-state index contributed by atoms with van der Waals surface area (Å²) in [4.78, 5) is 11.2. The molecule has 0 aromatic rings. The van der Waals surface area contributed by atoms with E-state index in [-0.39, 0.29) is 6.04 Å². The second kappa shape index (κ2) is 5.76. The maximum absolute atomic E-state index is 12.6. The summed E-state index contributed by atoms with van der Waals surface area (Å²) in [5.74, 6) is -1.72. The van der Waals surface area contributed by atoms with E-state index in [1.54, 1.807) is 7.05 Å². The van der Waals surface area contributed by atoms with Crippen LogP contribution in [0.3, 0.4) is 0 Å². The third kappa shape index (κ3) is 2.93. The molecular weight excluding hydrogens is 268 g/mol. The van der Waals surface area contributed by atoms with Gasteiger partial charge in [-0.05, 0) is 38.8 Å². The van der Waals surface area contributed by atoms with Crippen LogP contribution in [0.4, 0.5) is 0 Å². The molecule has 1 saturated carbocycles. The van der Waals surface area contributed by atoms with Crippen molar-refractivity contribution >= 4 is 16.0 Å². The summed E-state index contributed by atoms with van der Waals surface area (Å²) in [6.07, 6.45) is 3.20. The van der Waals surface area contributed by atoms with E-state index in [0.717, 1.165) is 25.9 Å². The first-order valence-corrected chi connectivity index (χ1v) is 8.35. The van der Waals surface area contributed by atoms with E-state index in [9.17, 15) is 13.2 Å². The molecular formula is C12H22N2O4S. The van der Waals surface area contributed by atoms with E-state index in [0.29, 0.717) is 19.3 Å². The van der Waals surface area contributed by atoms with Gasteiger partial charge in [0.05, 0.1) is 11.2 Å². The molecule has 7 heteroatoms. The van der Waals surface area contributed by atoms with E-state index in [2.05, 4.69) is 5.32 Å². The predicted octanol–water partition coefficient (Wildman–Crippen LogP) is 0.253. The summed E-state index contributed by atoms with van der Waals surface area (Å²) in [5.41, 5.74) is 0. The van der Waals surface area contributed by atoms with Crippen LogP contribution in [0.15, 0.2) is 0 Å². The minimum Gasteiger partial charge on any atom is -0.481 e. The van der Waals surface area contributed by atoms with Crippen molar-refractivity contribution in [2.24, 2.45) is 5.92 Å². The SMILES string of the molecule is CN(C1CCNCC1)S(=O)(=O)C1CCCC1C(=O)O. The molecule has 6 nitrogen and oxygen atoms in total. The monoisotopic (exact) mass is 290 g/mol. The molecule has 2 N–H and O–H groups in total. The number of nitrogens with zero attached hydrogens (tertiary/aromatic N) is 1. The van der Waals surface area contributed by atoms with Crippen LogP contribution in [0, 0.1) is 5.92 Å². The molecule has 1 saturated heterocycles. The van der Waals surface area contributed by atoms with E-state index < -0.39 is 27.2 Å². The van der Waals surface area contributed by atoms with Crippen LogP contribution < -0.4 is 5.32 Å². The minimum atomic E-state index is -3.51. The van der Waals surface area contributed by atoms with Crippen LogP contribution in [0.1, 0.15) is 32.1 Å². The number of carboxylic acid groups (broad SMARTS) is 1. The maximum atomic E-state index is 12.6. The fourth-order valence-corrected chi connectivity index (χ4v) is 5.34. The van der Waals surface area contributed by atoms with Crippen molar-refractivity contribution in [3.8, 4) is 0 Å².